The highest BCUT2D eigenvalue weighted by Gasteiger charge is 2.40. The monoisotopic (exact) mass is 330 g/mol. The summed E-state index contributed by atoms with van der Waals surface area (Å²) in [5.41, 5.74) is 2.73. The van der Waals surface area contributed by atoms with E-state index in [2.05, 4.69) is 9.88 Å². The average Bonchev–Trinajstić information content (AvgIpc) is 3.03. The number of nitrogens with zero attached hydrogens (tertiary/aromatic N) is 2. The summed E-state index contributed by atoms with van der Waals surface area (Å²) in [6.07, 6.45) is 3.81. The van der Waals surface area contributed by atoms with E-state index in [4.69, 9.17) is 9.47 Å². The van der Waals surface area contributed by atoms with Crippen LogP contribution in [0, 0.1) is 12.7 Å². The number of benzene rings is 1. The molecule has 4 rings (SSSR count). The first-order valence-electron chi connectivity index (χ1n) is 8.19. The van der Waals surface area contributed by atoms with Gasteiger partial charge in [0.1, 0.15) is 5.82 Å². The smallest absolute Gasteiger partial charge is 0.171 e. The first-order valence-corrected chi connectivity index (χ1v) is 8.19. The molecular formula is C18H19FN2O3. The molecule has 0 radical (unpaired) electrons. The lowest BCUT2D eigenvalue weighted by atomic mass is 9.99. The van der Waals surface area contributed by atoms with E-state index in [9.17, 15) is 9.18 Å². The molecule has 1 aromatic heterocycles. The topological polar surface area (TPSA) is 51.7 Å². The Labute approximate surface area is 139 Å². The van der Waals surface area contributed by atoms with Crippen molar-refractivity contribution in [1.29, 1.82) is 0 Å². The summed E-state index contributed by atoms with van der Waals surface area (Å²) >= 11 is 0. The normalized spacial score (nSPS) is 20.0. The van der Waals surface area contributed by atoms with Crippen LogP contribution >= 0.6 is 0 Å². The number of pyridine rings is 1. The summed E-state index contributed by atoms with van der Waals surface area (Å²) in [5.74, 6) is -0.802. The number of carbonyl (C=O) groups excluding carboxylic acids is 1. The molecule has 0 bridgehead atoms. The maximum Gasteiger partial charge on any atom is 0.171 e. The van der Waals surface area contributed by atoms with Gasteiger partial charge in [-0.15, -0.1) is 0 Å². The van der Waals surface area contributed by atoms with Gasteiger partial charge in [-0.1, -0.05) is 0 Å². The van der Waals surface area contributed by atoms with Gasteiger partial charge in [-0.05, 0) is 24.6 Å². The predicted octanol–water partition coefficient (Wildman–Crippen LogP) is 2.84. The molecule has 24 heavy (non-hydrogen) atoms. The minimum Gasteiger partial charge on any atom is -0.370 e. The van der Waals surface area contributed by atoms with E-state index in [1.165, 1.54) is 12.1 Å². The van der Waals surface area contributed by atoms with Gasteiger partial charge in [0.05, 0.1) is 30.0 Å². The second kappa shape index (κ2) is 5.79. The molecule has 3 heterocycles. The summed E-state index contributed by atoms with van der Waals surface area (Å²) in [6.45, 7) is 4.46. The number of halogens is 1. The van der Waals surface area contributed by atoms with E-state index in [0.29, 0.717) is 37.3 Å². The molecule has 2 saturated heterocycles. The molecule has 1 spiro atoms. The van der Waals surface area contributed by atoms with E-state index in [1.807, 2.05) is 6.92 Å². The molecule has 0 saturated carbocycles. The number of aryl methyl sites for hydroxylation is 1. The van der Waals surface area contributed by atoms with Gasteiger partial charge in [0.2, 0.25) is 0 Å². The van der Waals surface area contributed by atoms with Crippen molar-refractivity contribution in [3.05, 3.63) is 35.3 Å². The molecule has 5 nitrogen and oxygen atoms in total. The molecule has 2 aromatic rings. The number of hydrogen-bond donors (Lipinski definition) is 0. The van der Waals surface area contributed by atoms with Crippen LogP contribution in [0.4, 0.5) is 10.1 Å². The third-order valence-corrected chi connectivity index (χ3v) is 4.91. The summed E-state index contributed by atoms with van der Waals surface area (Å²) in [7, 11) is 0. The minimum atomic E-state index is -0.484. The lowest BCUT2D eigenvalue weighted by Crippen LogP contribution is -2.45. The van der Waals surface area contributed by atoms with Gasteiger partial charge < -0.3 is 14.4 Å². The molecule has 1 aromatic carbocycles. The summed E-state index contributed by atoms with van der Waals surface area (Å²) < 4.78 is 25.5. The van der Waals surface area contributed by atoms with Gasteiger partial charge in [0, 0.05) is 37.5 Å². The number of aromatic nitrogens is 1. The van der Waals surface area contributed by atoms with Crippen molar-refractivity contribution in [2.45, 2.75) is 25.6 Å². The fourth-order valence-electron chi connectivity index (χ4n) is 3.73. The zero-order valence-corrected chi connectivity index (χ0v) is 13.5. The van der Waals surface area contributed by atoms with Crippen LogP contribution in [-0.4, -0.2) is 43.4 Å². The molecule has 6 heteroatoms. The van der Waals surface area contributed by atoms with Crippen LogP contribution in [0.25, 0.3) is 10.9 Å². The van der Waals surface area contributed by atoms with Crippen LogP contribution in [-0.2, 0) is 9.47 Å². The summed E-state index contributed by atoms with van der Waals surface area (Å²) in [5, 5.41) is 0.682. The Morgan fingerprint density at radius 2 is 1.96 bits per heavy atom. The van der Waals surface area contributed by atoms with Crippen molar-refractivity contribution in [3.8, 4) is 0 Å². The molecule has 0 aliphatic carbocycles. The first-order chi connectivity index (χ1) is 11.6. The second-order valence-electron chi connectivity index (χ2n) is 6.39. The Hall–Kier alpha value is -2.05. The Balaban J connectivity index is 1.76. The van der Waals surface area contributed by atoms with Gasteiger partial charge in [0.15, 0.2) is 12.1 Å². The van der Waals surface area contributed by atoms with E-state index in [0.717, 1.165) is 35.9 Å². The minimum absolute atomic E-state index is 0.318. The highest BCUT2D eigenvalue weighted by atomic mass is 19.1. The van der Waals surface area contributed by atoms with E-state index >= 15 is 0 Å². The molecule has 2 aliphatic heterocycles. The molecule has 2 fully saturated rings. The van der Waals surface area contributed by atoms with Crippen LogP contribution in [0.3, 0.4) is 0 Å². The third kappa shape index (κ3) is 2.46. The molecule has 0 N–H and O–H groups in total. The second-order valence-corrected chi connectivity index (χ2v) is 6.39. The van der Waals surface area contributed by atoms with Gasteiger partial charge in [-0.2, -0.15) is 0 Å². The number of hydrogen-bond acceptors (Lipinski definition) is 5. The van der Waals surface area contributed by atoms with Crippen molar-refractivity contribution >= 4 is 22.9 Å². The highest BCUT2D eigenvalue weighted by Crippen LogP contribution is 2.37. The van der Waals surface area contributed by atoms with Crippen LogP contribution in [0.5, 0.6) is 0 Å². The zero-order valence-electron chi connectivity index (χ0n) is 13.5. The average molecular weight is 330 g/mol. The number of ether oxygens (including phenoxy) is 2. The lowest BCUT2D eigenvalue weighted by molar-refractivity contribution is -0.169. The lowest BCUT2D eigenvalue weighted by Gasteiger charge is -2.39. The van der Waals surface area contributed by atoms with Crippen molar-refractivity contribution in [3.63, 3.8) is 0 Å². The predicted molar refractivity (Wildman–Crippen MR) is 87.9 cm³/mol. The first kappa shape index (κ1) is 15.5. The number of piperidine rings is 1. The van der Waals surface area contributed by atoms with E-state index in [-0.39, 0.29) is 5.82 Å². The van der Waals surface area contributed by atoms with Crippen molar-refractivity contribution < 1.29 is 18.7 Å². The standard InChI is InChI=1S/C18H19FN2O3/c1-12-8-14(19)9-15-16(12)20-10-13(11-22)17(15)21-4-2-18(3-5-21)23-6-7-24-18/h8-11H,2-7H2,1H3. The zero-order chi connectivity index (χ0) is 16.7. The van der Waals surface area contributed by atoms with Crippen LogP contribution in [0.1, 0.15) is 28.8 Å². The van der Waals surface area contributed by atoms with Gasteiger partial charge in [-0.25, -0.2) is 4.39 Å². The van der Waals surface area contributed by atoms with Crippen molar-refractivity contribution in [1.82, 2.24) is 4.98 Å². The molecule has 0 amide bonds. The van der Waals surface area contributed by atoms with Crippen LogP contribution < -0.4 is 4.90 Å². The molecule has 0 unspecified atom stereocenters. The maximum absolute atomic E-state index is 13.9. The molecule has 2 aliphatic rings. The van der Waals surface area contributed by atoms with Gasteiger partial charge >= 0.3 is 0 Å². The third-order valence-electron chi connectivity index (χ3n) is 4.91. The number of fused-ring (bicyclic) bond motifs is 1. The van der Waals surface area contributed by atoms with E-state index < -0.39 is 5.79 Å². The molecule has 0 atom stereocenters. The fourth-order valence-corrected chi connectivity index (χ4v) is 3.73. The van der Waals surface area contributed by atoms with Gasteiger partial charge in [-0.3, -0.25) is 9.78 Å². The highest BCUT2D eigenvalue weighted by molar-refractivity contribution is 6.01. The molecular weight excluding hydrogens is 311 g/mol. The van der Waals surface area contributed by atoms with Crippen LogP contribution in [0.2, 0.25) is 0 Å². The van der Waals surface area contributed by atoms with E-state index in [1.54, 1.807) is 6.20 Å². The quantitative estimate of drug-likeness (QED) is 0.793. The number of rotatable bonds is 2. The Bertz CT molecular complexity index is 792. The van der Waals surface area contributed by atoms with Gasteiger partial charge in [0.25, 0.3) is 0 Å². The Kier molecular flexibility index (Phi) is 3.73. The Morgan fingerprint density at radius 3 is 2.62 bits per heavy atom. The number of aldehydes is 1. The van der Waals surface area contributed by atoms with Crippen molar-refractivity contribution in [2.75, 3.05) is 31.2 Å². The van der Waals surface area contributed by atoms with Crippen molar-refractivity contribution in [2.24, 2.45) is 0 Å². The fraction of sp³-hybridized carbons (Fsp3) is 0.444. The Morgan fingerprint density at radius 1 is 1.25 bits per heavy atom. The molecule has 126 valence electrons. The summed E-state index contributed by atoms with van der Waals surface area (Å²) in [6, 6.07) is 2.93. The summed E-state index contributed by atoms with van der Waals surface area (Å²) in [4.78, 5) is 18.0. The largest absolute Gasteiger partial charge is 0.370 e. The maximum atomic E-state index is 13.9. The number of anilines is 1. The SMILES string of the molecule is Cc1cc(F)cc2c(N3CCC4(CC3)OCCO4)c(C=O)cnc12. The number of carbonyl (C=O) groups is 1. The van der Waals surface area contributed by atoms with Crippen LogP contribution in [0.15, 0.2) is 18.3 Å².